The van der Waals surface area contributed by atoms with E-state index in [2.05, 4.69) is 0 Å². The average Bonchev–Trinajstić information content (AvgIpc) is 2.82. The number of ether oxygens (including phenoxy) is 1. The highest BCUT2D eigenvalue weighted by Gasteiger charge is 2.55. The highest BCUT2D eigenvalue weighted by molar-refractivity contribution is 6.10. The predicted molar refractivity (Wildman–Crippen MR) is 80.3 cm³/mol. The number of β-lactam (4-membered cyclic amide) rings is 1. The predicted octanol–water partition coefficient (Wildman–Crippen LogP) is 2.61. The van der Waals surface area contributed by atoms with Crippen LogP contribution in [0.25, 0.3) is 6.08 Å². The number of fused-ring (bicyclic) bond motifs is 1. The summed E-state index contributed by atoms with van der Waals surface area (Å²) >= 11 is 0. The van der Waals surface area contributed by atoms with Gasteiger partial charge in [0.05, 0.1) is 5.57 Å². The third kappa shape index (κ3) is 2.09. The van der Waals surface area contributed by atoms with Crippen LogP contribution >= 0.6 is 0 Å². The highest BCUT2D eigenvalue weighted by Crippen LogP contribution is 2.45. The van der Waals surface area contributed by atoms with E-state index in [1.165, 1.54) is 4.90 Å². The van der Waals surface area contributed by atoms with E-state index < -0.39 is 17.6 Å². The lowest BCUT2D eigenvalue weighted by molar-refractivity contribution is -0.147. The number of benzene rings is 1. The second kappa shape index (κ2) is 4.73. The lowest BCUT2D eigenvalue weighted by Crippen LogP contribution is -2.52. The standard InChI is InChI=1S/C17H17NO4/c1-17(2,3)13-12(16(20)21)18-14(19)11(15(18)22-13)9-10-7-5-4-6-8-10/h4-9,15H,1-3H3,(H,20,21)/b11-9-. The largest absolute Gasteiger partial charge is 0.476 e. The number of aliphatic carboxylic acids is 1. The summed E-state index contributed by atoms with van der Waals surface area (Å²) < 4.78 is 5.79. The van der Waals surface area contributed by atoms with Crippen molar-refractivity contribution in [3.63, 3.8) is 0 Å². The molecule has 1 saturated heterocycles. The summed E-state index contributed by atoms with van der Waals surface area (Å²) in [5, 5.41) is 9.41. The maximum atomic E-state index is 12.3. The Balaban J connectivity index is 1.97. The zero-order chi connectivity index (χ0) is 16.1. The van der Waals surface area contributed by atoms with Crippen molar-refractivity contribution >= 4 is 18.0 Å². The molecule has 1 N–H and O–H groups in total. The summed E-state index contributed by atoms with van der Waals surface area (Å²) in [6.07, 6.45) is 1.11. The summed E-state index contributed by atoms with van der Waals surface area (Å²) in [6.45, 7) is 5.59. The van der Waals surface area contributed by atoms with Crippen molar-refractivity contribution in [3.8, 4) is 0 Å². The molecule has 5 heteroatoms. The van der Waals surface area contributed by atoms with Crippen LogP contribution in [0.4, 0.5) is 0 Å². The number of allylic oxidation sites excluding steroid dienone is 1. The van der Waals surface area contributed by atoms with Gasteiger partial charge in [-0.2, -0.15) is 0 Å². The molecule has 3 rings (SSSR count). The minimum atomic E-state index is -1.14. The molecule has 1 unspecified atom stereocenters. The monoisotopic (exact) mass is 299 g/mol. The minimum absolute atomic E-state index is 0.0484. The molecule has 0 aromatic heterocycles. The van der Waals surface area contributed by atoms with E-state index in [1.54, 1.807) is 6.08 Å². The molecule has 0 spiro atoms. The Bertz CT molecular complexity index is 710. The van der Waals surface area contributed by atoms with Crippen molar-refractivity contribution in [3.05, 3.63) is 52.9 Å². The molecule has 1 atom stereocenters. The van der Waals surface area contributed by atoms with E-state index in [0.717, 1.165) is 5.56 Å². The number of hydrogen-bond donors (Lipinski definition) is 1. The van der Waals surface area contributed by atoms with Crippen molar-refractivity contribution in [2.45, 2.75) is 27.0 Å². The van der Waals surface area contributed by atoms with Gasteiger partial charge in [-0.3, -0.25) is 9.69 Å². The zero-order valence-electron chi connectivity index (χ0n) is 12.7. The van der Waals surface area contributed by atoms with Gasteiger partial charge in [0.15, 0.2) is 5.70 Å². The summed E-state index contributed by atoms with van der Waals surface area (Å²) in [4.78, 5) is 25.0. The zero-order valence-corrected chi connectivity index (χ0v) is 12.7. The van der Waals surface area contributed by atoms with E-state index in [0.29, 0.717) is 11.3 Å². The molecule has 1 aromatic carbocycles. The first kappa shape index (κ1) is 14.4. The molecule has 2 aliphatic heterocycles. The van der Waals surface area contributed by atoms with Gasteiger partial charge < -0.3 is 9.84 Å². The van der Waals surface area contributed by atoms with Crippen molar-refractivity contribution < 1.29 is 19.4 Å². The van der Waals surface area contributed by atoms with Crippen LogP contribution in [0.2, 0.25) is 0 Å². The fourth-order valence-corrected chi connectivity index (χ4v) is 2.63. The Kier molecular flexibility index (Phi) is 3.09. The number of carboxylic acid groups (broad SMARTS) is 1. The molecule has 0 radical (unpaired) electrons. The van der Waals surface area contributed by atoms with Crippen molar-refractivity contribution in [2.24, 2.45) is 5.41 Å². The van der Waals surface area contributed by atoms with Gasteiger partial charge in [0, 0.05) is 5.41 Å². The lowest BCUT2D eigenvalue weighted by atomic mass is 9.92. The van der Waals surface area contributed by atoms with Crippen LogP contribution in [-0.2, 0) is 14.3 Å². The first-order valence-corrected chi connectivity index (χ1v) is 7.05. The van der Waals surface area contributed by atoms with Gasteiger partial charge in [-0.25, -0.2) is 4.79 Å². The molecule has 2 aliphatic rings. The lowest BCUT2D eigenvalue weighted by Gasteiger charge is -2.35. The van der Waals surface area contributed by atoms with Crippen LogP contribution in [0.1, 0.15) is 26.3 Å². The number of carbonyl (C=O) groups excluding carboxylic acids is 1. The number of rotatable bonds is 2. The SMILES string of the molecule is CC(C)(C)C1=C(C(=O)O)N2C(=O)/C(=C/c3ccccc3)C2O1. The Hall–Kier alpha value is -2.56. The van der Waals surface area contributed by atoms with Gasteiger partial charge in [-0.1, -0.05) is 51.1 Å². The van der Waals surface area contributed by atoms with E-state index in [1.807, 2.05) is 51.1 Å². The van der Waals surface area contributed by atoms with Crippen LogP contribution < -0.4 is 0 Å². The van der Waals surface area contributed by atoms with Crippen molar-refractivity contribution in [2.75, 3.05) is 0 Å². The van der Waals surface area contributed by atoms with Crippen LogP contribution in [0.3, 0.4) is 0 Å². The summed E-state index contributed by atoms with van der Waals surface area (Å²) in [7, 11) is 0. The number of nitrogens with zero attached hydrogens (tertiary/aromatic N) is 1. The number of carboxylic acids is 1. The first-order chi connectivity index (χ1) is 10.3. The third-order valence-electron chi connectivity index (χ3n) is 3.66. The smallest absolute Gasteiger partial charge is 0.356 e. The molecule has 5 nitrogen and oxygen atoms in total. The fraction of sp³-hybridized carbons (Fsp3) is 0.294. The van der Waals surface area contributed by atoms with Crippen molar-refractivity contribution in [1.29, 1.82) is 0 Å². The quantitative estimate of drug-likeness (QED) is 0.673. The van der Waals surface area contributed by atoms with Crippen LogP contribution in [0, 0.1) is 5.41 Å². The normalized spacial score (nSPS) is 22.5. The molecule has 2 heterocycles. The fourth-order valence-electron chi connectivity index (χ4n) is 2.63. The average molecular weight is 299 g/mol. The second-order valence-electron chi connectivity index (χ2n) is 6.39. The van der Waals surface area contributed by atoms with E-state index in [4.69, 9.17) is 4.74 Å². The molecule has 0 aliphatic carbocycles. The third-order valence-corrected chi connectivity index (χ3v) is 3.66. The Morgan fingerprint density at radius 3 is 2.45 bits per heavy atom. The molecule has 0 saturated carbocycles. The molecule has 114 valence electrons. The molecule has 1 amide bonds. The van der Waals surface area contributed by atoms with Gasteiger partial charge in [-0.05, 0) is 11.6 Å². The molecule has 22 heavy (non-hydrogen) atoms. The number of carbonyl (C=O) groups is 2. The Morgan fingerprint density at radius 2 is 1.91 bits per heavy atom. The van der Waals surface area contributed by atoms with E-state index in [-0.39, 0.29) is 11.6 Å². The Morgan fingerprint density at radius 1 is 1.27 bits per heavy atom. The molecule has 0 bridgehead atoms. The van der Waals surface area contributed by atoms with E-state index >= 15 is 0 Å². The maximum Gasteiger partial charge on any atom is 0.356 e. The van der Waals surface area contributed by atoms with E-state index in [9.17, 15) is 14.7 Å². The minimum Gasteiger partial charge on any atom is -0.476 e. The second-order valence-corrected chi connectivity index (χ2v) is 6.39. The molecular formula is C17H17NO4. The van der Waals surface area contributed by atoms with Gasteiger partial charge in [0.2, 0.25) is 6.23 Å². The van der Waals surface area contributed by atoms with Crippen LogP contribution in [0.5, 0.6) is 0 Å². The highest BCUT2D eigenvalue weighted by atomic mass is 16.5. The topological polar surface area (TPSA) is 66.8 Å². The maximum absolute atomic E-state index is 12.3. The first-order valence-electron chi connectivity index (χ1n) is 7.05. The number of hydrogen-bond acceptors (Lipinski definition) is 3. The number of amides is 1. The van der Waals surface area contributed by atoms with Gasteiger partial charge in [-0.15, -0.1) is 0 Å². The van der Waals surface area contributed by atoms with Gasteiger partial charge >= 0.3 is 5.97 Å². The van der Waals surface area contributed by atoms with Gasteiger partial charge in [0.25, 0.3) is 5.91 Å². The summed E-state index contributed by atoms with van der Waals surface area (Å²) in [5.74, 6) is -1.11. The van der Waals surface area contributed by atoms with Crippen molar-refractivity contribution in [1.82, 2.24) is 4.90 Å². The Labute approximate surface area is 128 Å². The van der Waals surface area contributed by atoms with Crippen LogP contribution in [-0.4, -0.2) is 28.1 Å². The molecular weight excluding hydrogens is 282 g/mol. The summed E-state index contributed by atoms with van der Waals surface area (Å²) in [5.41, 5.74) is 0.829. The van der Waals surface area contributed by atoms with Gasteiger partial charge in [0.1, 0.15) is 5.76 Å². The van der Waals surface area contributed by atoms with Crippen LogP contribution in [0.15, 0.2) is 47.4 Å². The summed E-state index contributed by atoms with van der Waals surface area (Å²) in [6, 6.07) is 9.42. The molecule has 1 aromatic rings. The molecule has 1 fully saturated rings.